The third-order valence-corrected chi connectivity index (χ3v) is 8.03. The highest BCUT2D eigenvalue weighted by Gasteiger charge is 2.53. The topological polar surface area (TPSA) is 93.7 Å². The molecule has 0 bridgehead atoms. The van der Waals surface area contributed by atoms with E-state index in [1.807, 2.05) is 60.7 Å². The third-order valence-electron chi connectivity index (χ3n) is 8.03. The molecule has 7 nitrogen and oxygen atoms in total. The van der Waals surface area contributed by atoms with Gasteiger partial charge in [-0.2, -0.15) is 0 Å². The van der Waals surface area contributed by atoms with Crippen molar-refractivity contribution in [2.45, 2.75) is 11.7 Å². The molecule has 3 heterocycles. The molecule has 44 heavy (non-hydrogen) atoms. The van der Waals surface area contributed by atoms with Crippen molar-refractivity contribution >= 4 is 5.97 Å². The number of carbonyl (C=O) groups is 1. The molecular weight excluding hydrogens is 559 g/mol. The highest BCUT2D eigenvalue weighted by atomic mass is 19.1. The summed E-state index contributed by atoms with van der Waals surface area (Å²) in [5.74, 6) is 0.902. The van der Waals surface area contributed by atoms with E-state index in [2.05, 4.69) is 9.97 Å². The van der Waals surface area contributed by atoms with Gasteiger partial charge >= 0.3 is 5.97 Å². The number of imidazole rings is 1. The van der Waals surface area contributed by atoms with E-state index in [0.29, 0.717) is 50.9 Å². The van der Waals surface area contributed by atoms with E-state index in [-0.39, 0.29) is 11.4 Å². The molecule has 0 amide bonds. The largest absolute Gasteiger partial charge is 0.453 e. The number of hydrogen-bond donors (Lipinski definition) is 2. The molecule has 0 saturated heterocycles. The van der Waals surface area contributed by atoms with Crippen LogP contribution in [0.25, 0.3) is 11.4 Å². The number of aromatic amines is 1. The Hall–Kier alpha value is -5.73. The standard InChI is InChI=1S/C36H23FN2O5/c37-28-18-17-22(19-24(28)34-38-20-29(39-34)32(40)21-9-2-1-3-10-21)42-31-16-8-14-27-33(31)43-30-15-7-6-13-26(30)36(27)25-12-5-4-11-23(25)35(41)44-36/h1-20,32,40H,(H,38,39). The van der Waals surface area contributed by atoms with Gasteiger partial charge in [0, 0.05) is 11.1 Å². The number of esters is 1. The van der Waals surface area contributed by atoms with Crippen LogP contribution in [0.5, 0.6) is 23.0 Å². The zero-order valence-corrected chi connectivity index (χ0v) is 23.0. The maximum absolute atomic E-state index is 15.1. The van der Waals surface area contributed by atoms with Crippen LogP contribution in [0.15, 0.2) is 121 Å². The Morgan fingerprint density at radius 1 is 0.818 bits per heavy atom. The predicted octanol–water partition coefficient (Wildman–Crippen LogP) is 7.66. The van der Waals surface area contributed by atoms with E-state index in [1.165, 1.54) is 24.4 Å². The first-order valence-electron chi connectivity index (χ1n) is 14.0. The minimum absolute atomic E-state index is 0.167. The van der Waals surface area contributed by atoms with E-state index in [1.54, 1.807) is 36.4 Å². The molecule has 0 saturated carbocycles. The van der Waals surface area contributed by atoms with Crippen molar-refractivity contribution < 1.29 is 28.5 Å². The molecule has 2 aliphatic heterocycles. The summed E-state index contributed by atoms with van der Waals surface area (Å²) in [5, 5.41) is 10.8. The number of nitrogens with one attached hydrogen (secondary N) is 1. The molecule has 8 heteroatoms. The highest BCUT2D eigenvalue weighted by Crippen LogP contribution is 2.58. The monoisotopic (exact) mass is 582 g/mol. The SMILES string of the molecule is O=C1OC2(c3ccccc3Oc3c(Oc4ccc(F)c(-c5ncc(C(O)c6ccccc6)[nH]5)c4)cccc32)c2ccccc21. The maximum Gasteiger partial charge on any atom is 0.340 e. The predicted molar refractivity (Wildman–Crippen MR) is 159 cm³/mol. The summed E-state index contributed by atoms with van der Waals surface area (Å²) in [7, 11) is 0. The zero-order chi connectivity index (χ0) is 29.8. The van der Waals surface area contributed by atoms with E-state index in [4.69, 9.17) is 14.2 Å². The van der Waals surface area contributed by atoms with Crippen molar-refractivity contribution in [3.05, 3.63) is 161 Å². The first kappa shape index (κ1) is 25.9. The molecule has 0 aliphatic carbocycles. The molecule has 0 fully saturated rings. The van der Waals surface area contributed by atoms with E-state index < -0.39 is 23.5 Å². The van der Waals surface area contributed by atoms with E-state index >= 15 is 4.39 Å². The summed E-state index contributed by atoms with van der Waals surface area (Å²) in [5.41, 5.74) is 2.57. The molecule has 0 radical (unpaired) electrons. The summed E-state index contributed by atoms with van der Waals surface area (Å²) < 4.78 is 34.0. The molecule has 8 rings (SSSR count). The average Bonchev–Trinajstić information content (AvgIpc) is 3.67. The Morgan fingerprint density at radius 2 is 1.57 bits per heavy atom. The van der Waals surface area contributed by atoms with Gasteiger partial charge in [-0.3, -0.25) is 0 Å². The lowest BCUT2D eigenvalue weighted by atomic mass is 9.77. The van der Waals surface area contributed by atoms with Crippen LogP contribution in [-0.4, -0.2) is 21.0 Å². The van der Waals surface area contributed by atoms with Crippen molar-refractivity contribution in [3.63, 3.8) is 0 Å². The number of H-pyrrole nitrogens is 1. The van der Waals surface area contributed by atoms with Crippen LogP contribution >= 0.6 is 0 Å². The first-order valence-corrected chi connectivity index (χ1v) is 14.0. The number of halogens is 1. The molecule has 1 spiro atoms. The van der Waals surface area contributed by atoms with Crippen molar-refractivity contribution in [3.8, 4) is 34.4 Å². The number of ether oxygens (including phenoxy) is 3. The highest BCUT2D eigenvalue weighted by molar-refractivity contribution is 5.97. The third kappa shape index (κ3) is 3.92. The van der Waals surface area contributed by atoms with E-state index in [9.17, 15) is 9.90 Å². The lowest BCUT2D eigenvalue weighted by Crippen LogP contribution is -2.33. The smallest absolute Gasteiger partial charge is 0.340 e. The van der Waals surface area contributed by atoms with Gasteiger partial charge in [-0.05, 0) is 42.0 Å². The van der Waals surface area contributed by atoms with Gasteiger partial charge in [0.25, 0.3) is 0 Å². The van der Waals surface area contributed by atoms with Crippen LogP contribution in [0.3, 0.4) is 0 Å². The van der Waals surface area contributed by atoms with Crippen LogP contribution in [0.4, 0.5) is 4.39 Å². The summed E-state index contributed by atoms with van der Waals surface area (Å²) >= 11 is 0. The summed E-state index contributed by atoms with van der Waals surface area (Å²) in [6.07, 6.45) is 0.539. The molecule has 6 aromatic rings. The van der Waals surface area contributed by atoms with Gasteiger partial charge in [-0.1, -0.05) is 78.9 Å². The number of benzene rings is 5. The first-order chi connectivity index (χ1) is 21.5. The number of para-hydroxylation sites is 2. The van der Waals surface area contributed by atoms with Gasteiger partial charge in [-0.25, -0.2) is 14.2 Å². The summed E-state index contributed by atoms with van der Waals surface area (Å²) in [4.78, 5) is 20.5. The van der Waals surface area contributed by atoms with Crippen molar-refractivity contribution in [1.82, 2.24) is 9.97 Å². The number of rotatable bonds is 5. The Morgan fingerprint density at radius 3 is 2.43 bits per heavy atom. The second-order valence-electron chi connectivity index (χ2n) is 10.6. The Bertz CT molecular complexity index is 2080. The average molecular weight is 583 g/mol. The van der Waals surface area contributed by atoms with Crippen LogP contribution in [-0.2, 0) is 10.3 Å². The van der Waals surface area contributed by atoms with E-state index in [0.717, 1.165) is 5.56 Å². The molecule has 214 valence electrons. The van der Waals surface area contributed by atoms with Crippen molar-refractivity contribution in [2.24, 2.45) is 0 Å². The van der Waals surface area contributed by atoms with Gasteiger partial charge in [0.15, 0.2) is 17.1 Å². The Labute approximate surface area is 251 Å². The minimum Gasteiger partial charge on any atom is -0.453 e. The molecule has 2 unspecified atom stereocenters. The number of hydrogen-bond acceptors (Lipinski definition) is 6. The maximum atomic E-state index is 15.1. The van der Waals surface area contributed by atoms with Crippen LogP contribution in [0, 0.1) is 5.82 Å². The molecule has 2 atom stereocenters. The number of fused-ring (bicyclic) bond motifs is 6. The molecular formula is C36H23FN2O5. The second-order valence-corrected chi connectivity index (χ2v) is 10.6. The van der Waals surface area contributed by atoms with Gasteiger partial charge in [0.2, 0.25) is 0 Å². The van der Waals surface area contributed by atoms with Crippen LogP contribution in [0.1, 0.15) is 44.4 Å². The number of aliphatic hydroxyl groups is 1. The fraction of sp³-hybridized carbons (Fsp3) is 0.0556. The van der Waals surface area contributed by atoms with Gasteiger partial charge in [0.1, 0.15) is 29.2 Å². The summed E-state index contributed by atoms with van der Waals surface area (Å²) in [6.45, 7) is 0. The number of aromatic nitrogens is 2. The van der Waals surface area contributed by atoms with Crippen molar-refractivity contribution in [2.75, 3.05) is 0 Å². The van der Waals surface area contributed by atoms with Crippen LogP contribution in [0.2, 0.25) is 0 Å². The van der Waals surface area contributed by atoms with Gasteiger partial charge < -0.3 is 24.3 Å². The van der Waals surface area contributed by atoms with Gasteiger partial charge in [0.05, 0.1) is 28.6 Å². The molecule has 5 aromatic carbocycles. The lowest BCUT2D eigenvalue weighted by molar-refractivity contribution is 0.0223. The zero-order valence-electron chi connectivity index (χ0n) is 23.0. The fourth-order valence-corrected chi connectivity index (χ4v) is 6.00. The number of carbonyl (C=O) groups excluding carboxylic acids is 1. The van der Waals surface area contributed by atoms with Crippen LogP contribution < -0.4 is 9.47 Å². The Kier molecular flexibility index (Phi) is 5.85. The molecule has 1 aromatic heterocycles. The second kappa shape index (κ2) is 9.93. The van der Waals surface area contributed by atoms with Crippen molar-refractivity contribution in [1.29, 1.82) is 0 Å². The number of nitrogens with zero attached hydrogens (tertiary/aromatic N) is 1. The molecule has 2 aliphatic rings. The Balaban J connectivity index is 1.18. The minimum atomic E-state index is -1.23. The molecule has 2 N–H and O–H groups in total. The normalized spacial score (nSPS) is 16.8. The number of aliphatic hydroxyl groups excluding tert-OH is 1. The van der Waals surface area contributed by atoms with Gasteiger partial charge in [-0.15, -0.1) is 0 Å². The quantitative estimate of drug-likeness (QED) is 0.203. The fourth-order valence-electron chi connectivity index (χ4n) is 6.00. The summed E-state index contributed by atoms with van der Waals surface area (Å²) in [6, 6.07) is 33.6. The lowest BCUT2D eigenvalue weighted by Gasteiger charge is -2.36.